The van der Waals surface area contributed by atoms with Gasteiger partial charge in [0, 0.05) is 33.4 Å². The van der Waals surface area contributed by atoms with Crippen LogP contribution in [0.5, 0.6) is 0 Å². The minimum Gasteiger partial charge on any atom is -0.310 e. The molecule has 0 aliphatic heterocycles. The summed E-state index contributed by atoms with van der Waals surface area (Å²) in [5, 5.41) is 4.96. The van der Waals surface area contributed by atoms with Crippen molar-refractivity contribution in [1.82, 2.24) is 4.57 Å². The molecule has 12 aromatic rings. The van der Waals surface area contributed by atoms with Crippen LogP contribution in [-0.2, 0) is 0 Å². The third-order valence-electron chi connectivity index (χ3n) is 13.0. The molecule has 1 aromatic heterocycles. The summed E-state index contributed by atoms with van der Waals surface area (Å²) in [4.78, 5) is 2.40. The highest BCUT2D eigenvalue weighted by Gasteiger charge is 2.20. The molecule has 0 spiro atoms. The molecule has 0 aliphatic rings. The van der Waals surface area contributed by atoms with Gasteiger partial charge in [-0.25, -0.2) is 0 Å². The molecule has 12 rings (SSSR count). The zero-order valence-corrected chi connectivity index (χ0v) is 36.3. The van der Waals surface area contributed by atoms with Crippen molar-refractivity contribution in [3.63, 3.8) is 0 Å². The van der Waals surface area contributed by atoms with Crippen LogP contribution in [0.4, 0.5) is 17.1 Å². The molecule has 0 fully saturated rings. The standard InChI is InChI=1S/C64H44N2/c1-3-15-45(16-4-1)48-29-31-49(32-30-48)51-35-40-56(41-36-51)65(55-38-33-50(34-39-55)46-17-5-2-6-18-46)61-26-11-9-23-58(61)53-21-13-22-54(43-53)59-25-14-28-63-64(59)60-24-10-12-27-62(60)66(63)57-42-37-47-19-7-8-20-52(47)44-57/h1-44H. The van der Waals surface area contributed by atoms with E-state index in [0.29, 0.717) is 0 Å². The first-order valence-electron chi connectivity index (χ1n) is 22.7. The molecule has 0 radical (unpaired) electrons. The van der Waals surface area contributed by atoms with Gasteiger partial charge in [-0.15, -0.1) is 0 Å². The Morgan fingerprint density at radius 3 is 1.38 bits per heavy atom. The fourth-order valence-electron chi connectivity index (χ4n) is 9.77. The average Bonchev–Trinajstić information content (AvgIpc) is 3.74. The lowest BCUT2D eigenvalue weighted by Crippen LogP contribution is -2.11. The molecule has 0 saturated heterocycles. The quantitative estimate of drug-likeness (QED) is 0.141. The second-order valence-electron chi connectivity index (χ2n) is 16.9. The van der Waals surface area contributed by atoms with E-state index in [2.05, 4.69) is 276 Å². The molecule has 0 amide bonds. The summed E-state index contributed by atoms with van der Waals surface area (Å²) < 4.78 is 2.42. The van der Waals surface area contributed by atoms with E-state index in [1.165, 1.54) is 77.1 Å². The van der Waals surface area contributed by atoms with E-state index in [1.54, 1.807) is 0 Å². The Balaban J connectivity index is 0.961. The maximum atomic E-state index is 2.42. The molecule has 0 aliphatic carbocycles. The first kappa shape index (κ1) is 38.9. The summed E-state index contributed by atoms with van der Waals surface area (Å²) >= 11 is 0. The van der Waals surface area contributed by atoms with Gasteiger partial charge in [0.2, 0.25) is 0 Å². The zero-order chi connectivity index (χ0) is 43.8. The van der Waals surface area contributed by atoms with Gasteiger partial charge in [-0.3, -0.25) is 0 Å². The Labute approximate surface area is 385 Å². The van der Waals surface area contributed by atoms with E-state index in [1.807, 2.05) is 0 Å². The van der Waals surface area contributed by atoms with Crippen molar-refractivity contribution in [3.8, 4) is 61.3 Å². The highest BCUT2D eigenvalue weighted by molar-refractivity contribution is 6.16. The number of anilines is 3. The second-order valence-corrected chi connectivity index (χ2v) is 16.9. The first-order chi connectivity index (χ1) is 32.7. The number of hydrogen-bond donors (Lipinski definition) is 0. The third kappa shape index (κ3) is 7.12. The summed E-state index contributed by atoms with van der Waals surface area (Å²) in [6.45, 7) is 0. The van der Waals surface area contributed by atoms with Gasteiger partial charge in [-0.2, -0.15) is 0 Å². The lowest BCUT2D eigenvalue weighted by Gasteiger charge is -2.28. The third-order valence-corrected chi connectivity index (χ3v) is 13.0. The SMILES string of the molecule is c1ccc(-c2ccc(-c3ccc(N(c4ccc(-c5ccccc5)cc4)c4ccccc4-c4cccc(-c5cccc6c5c5ccccc5n6-c5ccc6ccccc6c5)c4)cc3)cc2)cc1. The van der Waals surface area contributed by atoms with Crippen LogP contribution in [0.3, 0.4) is 0 Å². The fraction of sp³-hybridized carbons (Fsp3) is 0. The van der Waals surface area contributed by atoms with E-state index in [9.17, 15) is 0 Å². The predicted molar refractivity (Wildman–Crippen MR) is 280 cm³/mol. The molecule has 0 N–H and O–H groups in total. The summed E-state index contributed by atoms with van der Waals surface area (Å²) in [5.41, 5.74) is 18.7. The lowest BCUT2D eigenvalue weighted by molar-refractivity contribution is 1.19. The van der Waals surface area contributed by atoms with Crippen LogP contribution < -0.4 is 4.90 Å². The maximum absolute atomic E-state index is 2.42. The topological polar surface area (TPSA) is 8.17 Å². The highest BCUT2D eigenvalue weighted by atomic mass is 15.1. The van der Waals surface area contributed by atoms with Gasteiger partial charge >= 0.3 is 0 Å². The van der Waals surface area contributed by atoms with E-state index < -0.39 is 0 Å². The molecule has 0 bridgehead atoms. The molecule has 2 heteroatoms. The van der Waals surface area contributed by atoms with Crippen LogP contribution in [0, 0.1) is 0 Å². The Morgan fingerprint density at radius 2 is 0.727 bits per heavy atom. The van der Waals surface area contributed by atoms with Crippen LogP contribution in [0.1, 0.15) is 0 Å². The van der Waals surface area contributed by atoms with Gasteiger partial charge in [0.05, 0.1) is 16.7 Å². The Kier molecular flexibility index (Phi) is 9.89. The lowest BCUT2D eigenvalue weighted by atomic mass is 9.94. The summed E-state index contributed by atoms with van der Waals surface area (Å²) in [6.07, 6.45) is 0. The van der Waals surface area contributed by atoms with Crippen molar-refractivity contribution in [2.75, 3.05) is 4.90 Å². The van der Waals surface area contributed by atoms with E-state index in [-0.39, 0.29) is 0 Å². The largest absolute Gasteiger partial charge is 0.310 e. The van der Waals surface area contributed by atoms with Crippen molar-refractivity contribution in [2.45, 2.75) is 0 Å². The van der Waals surface area contributed by atoms with Crippen molar-refractivity contribution in [3.05, 3.63) is 267 Å². The number of benzene rings is 11. The molecule has 0 saturated carbocycles. The molecule has 1 heterocycles. The smallest absolute Gasteiger partial charge is 0.0547 e. The minimum atomic E-state index is 1.09. The predicted octanol–water partition coefficient (Wildman–Crippen LogP) is 17.7. The molecule has 310 valence electrons. The number of hydrogen-bond acceptors (Lipinski definition) is 1. The van der Waals surface area contributed by atoms with E-state index in [0.717, 1.165) is 33.9 Å². The van der Waals surface area contributed by atoms with Crippen molar-refractivity contribution in [1.29, 1.82) is 0 Å². The highest BCUT2D eigenvalue weighted by Crippen LogP contribution is 2.44. The maximum Gasteiger partial charge on any atom is 0.0547 e. The number of para-hydroxylation sites is 2. The molecular formula is C64H44N2. The van der Waals surface area contributed by atoms with Crippen LogP contribution in [0.25, 0.3) is 93.9 Å². The number of nitrogens with zero attached hydrogens (tertiary/aromatic N) is 2. The van der Waals surface area contributed by atoms with Crippen molar-refractivity contribution in [2.24, 2.45) is 0 Å². The van der Waals surface area contributed by atoms with Gasteiger partial charge < -0.3 is 9.47 Å². The van der Waals surface area contributed by atoms with Crippen LogP contribution >= 0.6 is 0 Å². The second kappa shape index (κ2) is 16.8. The van der Waals surface area contributed by atoms with Crippen LogP contribution in [-0.4, -0.2) is 4.57 Å². The molecule has 2 nitrogen and oxygen atoms in total. The molecular weight excluding hydrogens is 797 g/mol. The minimum absolute atomic E-state index is 1.09. The Morgan fingerprint density at radius 1 is 0.273 bits per heavy atom. The normalized spacial score (nSPS) is 11.3. The molecule has 0 atom stereocenters. The van der Waals surface area contributed by atoms with E-state index >= 15 is 0 Å². The van der Waals surface area contributed by atoms with Crippen molar-refractivity contribution >= 4 is 49.6 Å². The Bertz CT molecular complexity index is 3660. The Hall–Kier alpha value is -8.72. The van der Waals surface area contributed by atoms with Gasteiger partial charge in [0.25, 0.3) is 0 Å². The summed E-state index contributed by atoms with van der Waals surface area (Å²) in [5.74, 6) is 0. The summed E-state index contributed by atoms with van der Waals surface area (Å²) in [6, 6.07) is 96.9. The number of fused-ring (bicyclic) bond motifs is 4. The molecule has 66 heavy (non-hydrogen) atoms. The van der Waals surface area contributed by atoms with Gasteiger partial charge in [0.15, 0.2) is 0 Å². The summed E-state index contributed by atoms with van der Waals surface area (Å²) in [7, 11) is 0. The average molecular weight is 841 g/mol. The monoisotopic (exact) mass is 840 g/mol. The van der Waals surface area contributed by atoms with Gasteiger partial charge in [0.1, 0.15) is 0 Å². The van der Waals surface area contributed by atoms with E-state index in [4.69, 9.17) is 0 Å². The van der Waals surface area contributed by atoms with Crippen molar-refractivity contribution < 1.29 is 0 Å². The fourth-order valence-corrected chi connectivity index (χ4v) is 9.77. The first-order valence-corrected chi connectivity index (χ1v) is 22.7. The zero-order valence-electron chi connectivity index (χ0n) is 36.3. The number of aromatic nitrogens is 1. The van der Waals surface area contributed by atoms with Gasteiger partial charge in [-0.05, 0) is 122 Å². The van der Waals surface area contributed by atoms with Crippen LogP contribution in [0.2, 0.25) is 0 Å². The molecule has 0 unspecified atom stereocenters. The van der Waals surface area contributed by atoms with Crippen LogP contribution in [0.15, 0.2) is 267 Å². The molecule has 11 aromatic carbocycles. The number of rotatable bonds is 9. The van der Waals surface area contributed by atoms with Gasteiger partial charge in [-0.1, -0.05) is 206 Å².